The van der Waals surface area contributed by atoms with Gasteiger partial charge in [-0.05, 0) is 62.1 Å². The standard InChI is InChI=1S/C21H30N2O3.ClH/c1-25-19-8-5-15(13-20(19)26-2)18-4-3-9-23(18)21(24)12-14-10-16-6-7-17(11-14)22-16;/h5,8,13-14,16-18,22H,3-4,6-7,9-12H2,1-2H3;1H. The molecule has 1 amide bonds. The number of hydrogen-bond donors (Lipinski definition) is 1. The largest absolute Gasteiger partial charge is 0.493 e. The molecular weight excluding hydrogens is 364 g/mol. The summed E-state index contributed by atoms with van der Waals surface area (Å²) >= 11 is 0. The third-order valence-electron chi connectivity index (χ3n) is 6.40. The molecule has 3 saturated heterocycles. The molecular formula is C21H31ClN2O3. The summed E-state index contributed by atoms with van der Waals surface area (Å²) in [6, 6.07) is 7.50. The minimum absolute atomic E-state index is 0. The number of rotatable bonds is 5. The van der Waals surface area contributed by atoms with Gasteiger partial charge < -0.3 is 19.7 Å². The van der Waals surface area contributed by atoms with Crippen molar-refractivity contribution in [1.29, 1.82) is 0 Å². The topological polar surface area (TPSA) is 50.8 Å². The number of nitrogens with zero attached hydrogens (tertiary/aromatic N) is 1. The van der Waals surface area contributed by atoms with E-state index < -0.39 is 0 Å². The van der Waals surface area contributed by atoms with Gasteiger partial charge in [0, 0.05) is 25.0 Å². The maximum absolute atomic E-state index is 13.1. The van der Waals surface area contributed by atoms with Crippen molar-refractivity contribution < 1.29 is 14.3 Å². The van der Waals surface area contributed by atoms with E-state index in [1.165, 1.54) is 12.8 Å². The minimum atomic E-state index is 0. The van der Waals surface area contributed by atoms with Gasteiger partial charge in [-0.1, -0.05) is 6.07 Å². The molecule has 3 heterocycles. The summed E-state index contributed by atoms with van der Waals surface area (Å²) in [6.07, 6.45) is 7.70. The van der Waals surface area contributed by atoms with Crippen molar-refractivity contribution in [3.05, 3.63) is 23.8 Å². The van der Waals surface area contributed by atoms with Gasteiger partial charge in [-0.15, -0.1) is 12.4 Å². The number of nitrogens with one attached hydrogen (secondary N) is 1. The van der Waals surface area contributed by atoms with Gasteiger partial charge in [-0.2, -0.15) is 0 Å². The normalized spacial score (nSPS) is 29.3. The minimum Gasteiger partial charge on any atom is -0.493 e. The molecule has 3 atom stereocenters. The van der Waals surface area contributed by atoms with Gasteiger partial charge in [0.25, 0.3) is 0 Å². The number of benzene rings is 1. The number of piperidine rings is 1. The van der Waals surface area contributed by atoms with Crippen molar-refractivity contribution in [1.82, 2.24) is 10.2 Å². The Morgan fingerprint density at radius 2 is 1.81 bits per heavy atom. The van der Waals surface area contributed by atoms with Crippen LogP contribution in [0, 0.1) is 5.92 Å². The Morgan fingerprint density at radius 1 is 1.11 bits per heavy atom. The number of carbonyl (C=O) groups is 1. The van der Waals surface area contributed by atoms with Crippen molar-refractivity contribution in [2.75, 3.05) is 20.8 Å². The van der Waals surface area contributed by atoms with Crippen LogP contribution in [0.4, 0.5) is 0 Å². The highest BCUT2D eigenvalue weighted by molar-refractivity contribution is 5.85. The van der Waals surface area contributed by atoms with Gasteiger partial charge in [-0.3, -0.25) is 4.79 Å². The maximum Gasteiger partial charge on any atom is 0.223 e. The van der Waals surface area contributed by atoms with E-state index in [1.54, 1.807) is 14.2 Å². The average molecular weight is 395 g/mol. The van der Waals surface area contributed by atoms with Crippen LogP contribution in [0.3, 0.4) is 0 Å². The number of ether oxygens (including phenoxy) is 2. The third-order valence-corrected chi connectivity index (χ3v) is 6.40. The molecule has 3 fully saturated rings. The lowest BCUT2D eigenvalue weighted by molar-refractivity contribution is -0.133. The first-order chi connectivity index (χ1) is 12.7. The zero-order valence-electron chi connectivity index (χ0n) is 16.3. The molecule has 0 spiro atoms. The number of halogens is 1. The van der Waals surface area contributed by atoms with Crippen LogP contribution in [-0.2, 0) is 4.79 Å². The lowest BCUT2D eigenvalue weighted by Crippen LogP contribution is -2.40. The first-order valence-corrected chi connectivity index (χ1v) is 9.95. The molecule has 5 nitrogen and oxygen atoms in total. The quantitative estimate of drug-likeness (QED) is 0.827. The van der Waals surface area contributed by atoms with Crippen LogP contribution in [-0.4, -0.2) is 43.7 Å². The molecule has 3 aliphatic rings. The maximum atomic E-state index is 13.1. The molecule has 150 valence electrons. The zero-order chi connectivity index (χ0) is 18.1. The van der Waals surface area contributed by atoms with E-state index in [1.807, 2.05) is 12.1 Å². The molecule has 3 aliphatic heterocycles. The molecule has 0 aromatic heterocycles. The lowest BCUT2D eigenvalue weighted by atomic mass is 9.89. The van der Waals surface area contributed by atoms with E-state index in [4.69, 9.17) is 9.47 Å². The van der Waals surface area contributed by atoms with Crippen LogP contribution in [0.25, 0.3) is 0 Å². The molecule has 2 bridgehead atoms. The number of amides is 1. The van der Waals surface area contributed by atoms with Gasteiger partial charge in [0.15, 0.2) is 11.5 Å². The first kappa shape index (κ1) is 20.3. The zero-order valence-corrected chi connectivity index (χ0v) is 17.1. The number of carbonyl (C=O) groups excluding carboxylic acids is 1. The second kappa shape index (κ2) is 8.70. The van der Waals surface area contributed by atoms with E-state index in [2.05, 4.69) is 16.3 Å². The van der Waals surface area contributed by atoms with Crippen molar-refractivity contribution in [3.63, 3.8) is 0 Å². The predicted molar refractivity (Wildman–Crippen MR) is 108 cm³/mol. The summed E-state index contributed by atoms with van der Waals surface area (Å²) in [5.41, 5.74) is 1.15. The van der Waals surface area contributed by atoms with Gasteiger partial charge in [0.1, 0.15) is 0 Å². The Labute approximate surface area is 168 Å². The van der Waals surface area contributed by atoms with Gasteiger partial charge in [-0.25, -0.2) is 0 Å². The SMILES string of the molecule is COc1ccc(C2CCCN2C(=O)CC2CC3CCC(C2)N3)cc1OC.Cl. The summed E-state index contributed by atoms with van der Waals surface area (Å²) in [5.74, 6) is 2.35. The van der Waals surface area contributed by atoms with Crippen LogP contribution in [0.5, 0.6) is 11.5 Å². The Bertz CT molecular complexity index is 657. The van der Waals surface area contributed by atoms with E-state index in [0.29, 0.717) is 30.3 Å². The van der Waals surface area contributed by atoms with E-state index in [0.717, 1.165) is 49.3 Å². The molecule has 4 rings (SSSR count). The molecule has 6 heteroatoms. The Hall–Kier alpha value is -1.46. The monoisotopic (exact) mass is 394 g/mol. The molecule has 1 aromatic carbocycles. The fraction of sp³-hybridized carbons (Fsp3) is 0.667. The van der Waals surface area contributed by atoms with E-state index in [9.17, 15) is 4.79 Å². The summed E-state index contributed by atoms with van der Waals surface area (Å²) in [6.45, 7) is 0.871. The summed E-state index contributed by atoms with van der Waals surface area (Å²) in [7, 11) is 3.31. The van der Waals surface area contributed by atoms with E-state index in [-0.39, 0.29) is 18.4 Å². The van der Waals surface area contributed by atoms with Gasteiger partial charge >= 0.3 is 0 Å². The number of likely N-dealkylation sites (tertiary alicyclic amines) is 1. The van der Waals surface area contributed by atoms with Crippen LogP contribution in [0.2, 0.25) is 0 Å². The molecule has 1 aromatic rings. The van der Waals surface area contributed by atoms with Crippen molar-refractivity contribution in [2.24, 2.45) is 5.92 Å². The Morgan fingerprint density at radius 3 is 2.48 bits per heavy atom. The van der Waals surface area contributed by atoms with E-state index >= 15 is 0 Å². The molecule has 0 aliphatic carbocycles. The van der Waals surface area contributed by atoms with Gasteiger partial charge in [0.2, 0.25) is 5.91 Å². The molecule has 0 radical (unpaired) electrons. The predicted octanol–water partition coefficient (Wildman–Crippen LogP) is 3.71. The highest BCUT2D eigenvalue weighted by Gasteiger charge is 2.37. The first-order valence-electron chi connectivity index (χ1n) is 9.95. The molecule has 3 unspecified atom stereocenters. The fourth-order valence-electron chi connectivity index (χ4n) is 5.18. The van der Waals surface area contributed by atoms with Crippen LogP contribution in [0.1, 0.15) is 56.6 Å². The summed E-state index contributed by atoms with van der Waals surface area (Å²) in [4.78, 5) is 15.2. The summed E-state index contributed by atoms with van der Waals surface area (Å²) in [5, 5.41) is 3.67. The second-order valence-corrected chi connectivity index (χ2v) is 8.04. The highest BCUT2D eigenvalue weighted by atomic mass is 35.5. The second-order valence-electron chi connectivity index (χ2n) is 8.04. The lowest BCUT2D eigenvalue weighted by Gasteiger charge is -2.31. The smallest absolute Gasteiger partial charge is 0.223 e. The van der Waals surface area contributed by atoms with Crippen LogP contribution < -0.4 is 14.8 Å². The van der Waals surface area contributed by atoms with Gasteiger partial charge in [0.05, 0.1) is 20.3 Å². The number of fused-ring (bicyclic) bond motifs is 2. The fourth-order valence-corrected chi connectivity index (χ4v) is 5.18. The van der Waals surface area contributed by atoms with Crippen molar-refractivity contribution in [2.45, 2.75) is 63.1 Å². The third kappa shape index (κ3) is 4.19. The molecule has 0 saturated carbocycles. The summed E-state index contributed by atoms with van der Waals surface area (Å²) < 4.78 is 10.8. The van der Waals surface area contributed by atoms with Crippen molar-refractivity contribution >= 4 is 18.3 Å². The van der Waals surface area contributed by atoms with Crippen LogP contribution >= 0.6 is 12.4 Å². The number of methoxy groups -OCH3 is 2. The Balaban J connectivity index is 0.00000210. The molecule has 1 N–H and O–H groups in total. The van der Waals surface area contributed by atoms with Crippen LogP contribution in [0.15, 0.2) is 18.2 Å². The number of hydrogen-bond acceptors (Lipinski definition) is 4. The molecule has 27 heavy (non-hydrogen) atoms. The van der Waals surface area contributed by atoms with Crippen molar-refractivity contribution in [3.8, 4) is 11.5 Å². The Kier molecular flexibility index (Phi) is 6.53. The highest BCUT2D eigenvalue weighted by Crippen LogP contribution is 2.39. The average Bonchev–Trinajstić information content (AvgIpc) is 3.27.